The Kier molecular flexibility index (Phi) is 5.64. The number of halogens is 2. The van der Waals surface area contributed by atoms with Gasteiger partial charge in [0.05, 0.1) is 16.4 Å². The number of carbonyl (C=O) groups excluding carboxylic acids is 2. The molecule has 2 heterocycles. The maximum atomic E-state index is 12.7. The lowest BCUT2D eigenvalue weighted by Gasteiger charge is -2.17. The van der Waals surface area contributed by atoms with Gasteiger partial charge in [0.15, 0.2) is 5.82 Å². The minimum Gasteiger partial charge on any atom is -0.347 e. The molecule has 1 aliphatic rings. The van der Waals surface area contributed by atoms with Gasteiger partial charge in [-0.2, -0.15) is 0 Å². The van der Waals surface area contributed by atoms with Gasteiger partial charge in [0, 0.05) is 18.1 Å². The number of hydrogen-bond acceptors (Lipinski definition) is 3. The standard InChI is InChI=1S/C18H18Cl2N4O2/c1-2-8-21-17(25)15-14-5-3-4-9-24(14)16(23-15)18(26)22-13-7-6-11(19)10-12(13)20/h2,6-7,10H,1,3-5,8-9H2,(H,21,25)(H,22,26). The van der Waals surface area contributed by atoms with Crippen molar-refractivity contribution in [1.82, 2.24) is 14.9 Å². The first-order valence-corrected chi connectivity index (χ1v) is 9.01. The summed E-state index contributed by atoms with van der Waals surface area (Å²) >= 11 is 12.0. The quantitative estimate of drug-likeness (QED) is 0.761. The summed E-state index contributed by atoms with van der Waals surface area (Å²) in [5.74, 6) is -0.520. The predicted molar refractivity (Wildman–Crippen MR) is 102 cm³/mol. The SMILES string of the molecule is C=CCNC(=O)c1nc(C(=O)Nc2ccc(Cl)cc2Cl)n2c1CCCC2. The number of amides is 2. The van der Waals surface area contributed by atoms with Crippen LogP contribution in [0, 0.1) is 0 Å². The van der Waals surface area contributed by atoms with E-state index >= 15 is 0 Å². The van der Waals surface area contributed by atoms with E-state index in [1.54, 1.807) is 24.3 Å². The molecule has 0 spiro atoms. The van der Waals surface area contributed by atoms with Crippen molar-refractivity contribution in [3.05, 3.63) is 58.1 Å². The van der Waals surface area contributed by atoms with E-state index in [1.807, 2.05) is 4.57 Å². The Balaban J connectivity index is 1.91. The molecule has 0 saturated heterocycles. The van der Waals surface area contributed by atoms with Crippen LogP contribution in [0.15, 0.2) is 30.9 Å². The van der Waals surface area contributed by atoms with Crippen molar-refractivity contribution >= 4 is 40.7 Å². The van der Waals surface area contributed by atoms with Gasteiger partial charge in [-0.1, -0.05) is 29.3 Å². The van der Waals surface area contributed by atoms with Gasteiger partial charge < -0.3 is 15.2 Å². The highest BCUT2D eigenvalue weighted by atomic mass is 35.5. The molecule has 1 aromatic heterocycles. The van der Waals surface area contributed by atoms with Gasteiger partial charge in [-0.25, -0.2) is 4.98 Å². The first-order valence-electron chi connectivity index (χ1n) is 8.26. The molecule has 6 nitrogen and oxygen atoms in total. The summed E-state index contributed by atoms with van der Waals surface area (Å²) in [4.78, 5) is 29.4. The monoisotopic (exact) mass is 392 g/mol. The van der Waals surface area contributed by atoms with E-state index in [4.69, 9.17) is 23.2 Å². The van der Waals surface area contributed by atoms with Gasteiger partial charge >= 0.3 is 0 Å². The molecule has 0 atom stereocenters. The molecule has 0 bridgehead atoms. The third-order valence-corrected chi connectivity index (χ3v) is 4.67. The molecule has 3 rings (SSSR count). The van der Waals surface area contributed by atoms with Crippen molar-refractivity contribution < 1.29 is 9.59 Å². The highest BCUT2D eigenvalue weighted by Crippen LogP contribution is 2.27. The number of fused-ring (bicyclic) bond motifs is 1. The second-order valence-electron chi connectivity index (χ2n) is 5.92. The minimum absolute atomic E-state index is 0.203. The Bertz CT molecular complexity index is 876. The summed E-state index contributed by atoms with van der Waals surface area (Å²) in [7, 11) is 0. The van der Waals surface area contributed by atoms with Crippen LogP contribution in [-0.4, -0.2) is 27.9 Å². The van der Waals surface area contributed by atoms with Crippen molar-refractivity contribution in [3.63, 3.8) is 0 Å². The van der Waals surface area contributed by atoms with Crippen LogP contribution in [0.2, 0.25) is 10.0 Å². The van der Waals surface area contributed by atoms with Gasteiger partial charge in [0.1, 0.15) is 5.69 Å². The molecule has 0 radical (unpaired) electrons. The van der Waals surface area contributed by atoms with Crippen molar-refractivity contribution in [3.8, 4) is 0 Å². The number of anilines is 1. The van der Waals surface area contributed by atoms with E-state index in [2.05, 4.69) is 22.2 Å². The average molecular weight is 393 g/mol. The third kappa shape index (κ3) is 3.76. The summed E-state index contributed by atoms with van der Waals surface area (Å²) in [5.41, 5.74) is 1.51. The van der Waals surface area contributed by atoms with Crippen molar-refractivity contribution in [2.45, 2.75) is 25.8 Å². The molecule has 0 unspecified atom stereocenters. The average Bonchev–Trinajstić information content (AvgIpc) is 3.02. The maximum absolute atomic E-state index is 12.7. The summed E-state index contributed by atoms with van der Waals surface area (Å²) in [6, 6.07) is 4.81. The van der Waals surface area contributed by atoms with Gasteiger partial charge in [-0.15, -0.1) is 6.58 Å². The van der Waals surface area contributed by atoms with Crippen LogP contribution in [-0.2, 0) is 13.0 Å². The van der Waals surface area contributed by atoms with E-state index in [0.717, 1.165) is 18.5 Å². The van der Waals surface area contributed by atoms with E-state index in [1.165, 1.54) is 0 Å². The first-order chi connectivity index (χ1) is 12.5. The minimum atomic E-state index is -0.417. The fraction of sp³-hybridized carbons (Fsp3) is 0.278. The summed E-state index contributed by atoms with van der Waals surface area (Å²) in [6.07, 6.45) is 4.19. The van der Waals surface area contributed by atoms with Crippen LogP contribution in [0.1, 0.15) is 39.6 Å². The fourth-order valence-corrected chi connectivity index (χ4v) is 3.37. The number of carbonyl (C=O) groups is 2. The van der Waals surface area contributed by atoms with E-state index in [-0.39, 0.29) is 11.7 Å². The zero-order valence-electron chi connectivity index (χ0n) is 14.0. The first kappa shape index (κ1) is 18.5. The van der Waals surface area contributed by atoms with Crippen LogP contribution in [0.5, 0.6) is 0 Å². The molecular weight excluding hydrogens is 375 g/mol. The molecule has 2 aromatic rings. The molecule has 1 aliphatic heterocycles. The summed E-state index contributed by atoms with van der Waals surface area (Å²) in [5, 5.41) is 6.27. The normalized spacial score (nSPS) is 13.0. The lowest BCUT2D eigenvalue weighted by atomic mass is 10.1. The summed E-state index contributed by atoms with van der Waals surface area (Å²) in [6.45, 7) is 4.57. The number of nitrogens with one attached hydrogen (secondary N) is 2. The van der Waals surface area contributed by atoms with Crippen LogP contribution in [0.3, 0.4) is 0 Å². The Labute approximate surface area is 161 Å². The van der Waals surface area contributed by atoms with E-state index in [0.29, 0.717) is 40.9 Å². The van der Waals surface area contributed by atoms with Crippen molar-refractivity contribution in [2.24, 2.45) is 0 Å². The number of hydrogen-bond donors (Lipinski definition) is 2. The van der Waals surface area contributed by atoms with Crippen LogP contribution >= 0.6 is 23.2 Å². The summed E-state index contributed by atoms with van der Waals surface area (Å²) < 4.78 is 1.81. The van der Waals surface area contributed by atoms with Crippen molar-refractivity contribution in [1.29, 1.82) is 0 Å². The van der Waals surface area contributed by atoms with Crippen LogP contribution in [0.4, 0.5) is 5.69 Å². The number of aromatic nitrogens is 2. The molecular formula is C18H18Cl2N4O2. The molecule has 26 heavy (non-hydrogen) atoms. The number of imidazole rings is 1. The molecule has 0 aliphatic carbocycles. The fourth-order valence-electron chi connectivity index (χ4n) is 2.92. The molecule has 136 valence electrons. The van der Waals surface area contributed by atoms with E-state index < -0.39 is 5.91 Å². The Morgan fingerprint density at radius 2 is 2.08 bits per heavy atom. The lowest BCUT2D eigenvalue weighted by Crippen LogP contribution is -2.25. The zero-order chi connectivity index (χ0) is 18.7. The van der Waals surface area contributed by atoms with Gasteiger partial charge in [-0.3, -0.25) is 9.59 Å². The number of benzene rings is 1. The molecule has 2 N–H and O–H groups in total. The Morgan fingerprint density at radius 3 is 2.81 bits per heavy atom. The smallest absolute Gasteiger partial charge is 0.291 e. The topological polar surface area (TPSA) is 76.0 Å². The Hall–Kier alpha value is -2.31. The van der Waals surface area contributed by atoms with Gasteiger partial charge in [0.2, 0.25) is 0 Å². The largest absolute Gasteiger partial charge is 0.347 e. The zero-order valence-corrected chi connectivity index (χ0v) is 15.5. The second-order valence-corrected chi connectivity index (χ2v) is 6.76. The molecule has 8 heteroatoms. The van der Waals surface area contributed by atoms with E-state index in [9.17, 15) is 9.59 Å². The molecule has 0 saturated carbocycles. The van der Waals surface area contributed by atoms with Gasteiger partial charge in [-0.05, 0) is 37.5 Å². The van der Waals surface area contributed by atoms with Gasteiger partial charge in [0.25, 0.3) is 11.8 Å². The number of rotatable bonds is 5. The molecule has 2 amide bonds. The predicted octanol–water partition coefficient (Wildman–Crippen LogP) is 3.69. The highest BCUT2D eigenvalue weighted by Gasteiger charge is 2.27. The third-order valence-electron chi connectivity index (χ3n) is 4.12. The van der Waals surface area contributed by atoms with Crippen LogP contribution in [0.25, 0.3) is 0 Å². The van der Waals surface area contributed by atoms with Crippen LogP contribution < -0.4 is 10.6 Å². The lowest BCUT2D eigenvalue weighted by molar-refractivity contribution is 0.0952. The van der Waals surface area contributed by atoms with Crippen molar-refractivity contribution in [2.75, 3.05) is 11.9 Å². The Morgan fingerprint density at radius 1 is 1.27 bits per heavy atom. The second kappa shape index (κ2) is 7.93. The highest BCUT2D eigenvalue weighted by molar-refractivity contribution is 6.36. The molecule has 0 fully saturated rings. The number of nitrogens with zero attached hydrogens (tertiary/aromatic N) is 2. The molecule has 1 aromatic carbocycles. The maximum Gasteiger partial charge on any atom is 0.291 e.